The molecule has 0 amide bonds. The molecule has 4 nitrogen and oxygen atoms in total. The van der Waals surface area contributed by atoms with Crippen LogP contribution in [-0.4, -0.2) is 13.4 Å². The Hall–Kier alpha value is -1.11. The molecule has 2 rings (SSSR count). The van der Waals surface area contributed by atoms with Gasteiger partial charge in [-0.25, -0.2) is 8.42 Å². The number of aryl methyl sites for hydroxylation is 1. The van der Waals surface area contributed by atoms with Gasteiger partial charge in [-0.05, 0) is 40.5 Å². The van der Waals surface area contributed by atoms with E-state index in [-0.39, 0.29) is 9.92 Å². The van der Waals surface area contributed by atoms with Crippen molar-refractivity contribution in [1.29, 1.82) is 0 Å². The number of pyridine rings is 1. The monoisotopic (exact) mass is 360 g/mol. The van der Waals surface area contributed by atoms with Crippen molar-refractivity contribution < 1.29 is 8.42 Å². The van der Waals surface area contributed by atoms with Crippen molar-refractivity contribution in [2.45, 2.75) is 11.8 Å². The van der Waals surface area contributed by atoms with Crippen molar-refractivity contribution >= 4 is 43.2 Å². The van der Waals surface area contributed by atoms with E-state index in [0.29, 0.717) is 10.2 Å². The maximum atomic E-state index is 12.2. The zero-order valence-electron chi connectivity index (χ0n) is 9.89. The number of aromatic nitrogens is 1. The highest BCUT2D eigenvalue weighted by Gasteiger charge is 2.19. The Morgan fingerprint density at radius 3 is 2.74 bits per heavy atom. The molecule has 0 saturated carbocycles. The third-order valence-corrected chi connectivity index (χ3v) is 5.35. The van der Waals surface area contributed by atoms with Crippen LogP contribution in [0.4, 0.5) is 5.69 Å². The Kier molecular flexibility index (Phi) is 4.13. The van der Waals surface area contributed by atoms with Gasteiger partial charge in [0.2, 0.25) is 0 Å². The molecular formula is C12H10BrClN2O2S. The Labute approximate surface area is 125 Å². The number of anilines is 1. The Bertz CT molecular complexity index is 719. The second-order valence-electron chi connectivity index (χ2n) is 3.85. The average Bonchev–Trinajstić information content (AvgIpc) is 2.35. The van der Waals surface area contributed by atoms with Crippen LogP contribution in [0.25, 0.3) is 0 Å². The van der Waals surface area contributed by atoms with Gasteiger partial charge in [-0.3, -0.25) is 9.71 Å². The molecule has 0 bridgehead atoms. The number of nitrogens with one attached hydrogen (secondary N) is 1. The third-order valence-electron chi connectivity index (χ3n) is 2.46. The lowest BCUT2D eigenvalue weighted by molar-refractivity contribution is 0.601. The van der Waals surface area contributed by atoms with E-state index in [2.05, 4.69) is 25.6 Å². The number of hydrogen-bond acceptors (Lipinski definition) is 3. The molecule has 2 aromatic rings. The smallest absolute Gasteiger partial charge is 0.264 e. The first-order valence-electron chi connectivity index (χ1n) is 5.29. The van der Waals surface area contributed by atoms with Gasteiger partial charge >= 0.3 is 0 Å². The topological polar surface area (TPSA) is 59.1 Å². The van der Waals surface area contributed by atoms with E-state index in [1.54, 1.807) is 12.1 Å². The zero-order chi connectivity index (χ0) is 14.0. The van der Waals surface area contributed by atoms with Crippen molar-refractivity contribution in [1.82, 2.24) is 4.98 Å². The average molecular weight is 362 g/mol. The van der Waals surface area contributed by atoms with Crippen LogP contribution in [0.3, 0.4) is 0 Å². The molecule has 0 aliphatic carbocycles. The van der Waals surface area contributed by atoms with Gasteiger partial charge in [-0.1, -0.05) is 23.7 Å². The normalized spacial score (nSPS) is 11.3. The van der Waals surface area contributed by atoms with Crippen molar-refractivity contribution in [2.24, 2.45) is 0 Å². The van der Waals surface area contributed by atoms with Gasteiger partial charge < -0.3 is 0 Å². The molecule has 0 unspecified atom stereocenters. The molecule has 0 radical (unpaired) electrons. The highest BCUT2D eigenvalue weighted by atomic mass is 79.9. The highest BCUT2D eigenvalue weighted by molar-refractivity contribution is 9.10. The molecule has 1 aromatic heterocycles. The molecule has 0 fully saturated rings. The first kappa shape index (κ1) is 14.3. The summed E-state index contributed by atoms with van der Waals surface area (Å²) in [6, 6.07) is 6.74. The van der Waals surface area contributed by atoms with Crippen molar-refractivity contribution in [3.63, 3.8) is 0 Å². The van der Waals surface area contributed by atoms with Gasteiger partial charge in [0.05, 0.1) is 10.7 Å². The van der Waals surface area contributed by atoms with Gasteiger partial charge in [0.1, 0.15) is 4.90 Å². The van der Waals surface area contributed by atoms with E-state index in [9.17, 15) is 8.42 Å². The molecule has 7 heteroatoms. The number of benzene rings is 1. The van der Waals surface area contributed by atoms with Crippen LogP contribution in [0.15, 0.2) is 46.0 Å². The molecular weight excluding hydrogens is 352 g/mol. The summed E-state index contributed by atoms with van der Waals surface area (Å²) in [5, 5.41) is 0.131. The van der Waals surface area contributed by atoms with Crippen LogP contribution in [-0.2, 0) is 10.0 Å². The minimum Gasteiger partial charge on any atom is -0.278 e. The number of sulfonamides is 1. The van der Waals surface area contributed by atoms with E-state index in [1.165, 1.54) is 18.5 Å². The Morgan fingerprint density at radius 1 is 1.32 bits per heavy atom. The summed E-state index contributed by atoms with van der Waals surface area (Å²) in [5.41, 5.74) is 1.39. The van der Waals surface area contributed by atoms with Crippen LogP contribution >= 0.6 is 27.5 Å². The lowest BCUT2D eigenvalue weighted by atomic mass is 10.2. The number of halogens is 2. The summed E-state index contributed by atoms with van der Waals surface area (Å²) in [6.07, 6.45) is 2.65. The quantitative estimate of drug-likeness (QED) is 0.908. The van der Waals surface area contributed by atoms with Crippen LogP contribution in [0.2, 0.25) is 5.02 Å². The van der Waals surface area contributed by atoms with Crippen molar-refractivity contribution in [3.8, 4) is 0 Å². The molecule has 0 atom stereocenters. The van der Waals surface area contributed by atoms with E-state index in [4.69, 9.17) is 11.6 Å². The Morgan fingerprint density at radius 2 is 2.05 bits per heavy atom. The van der Waals surface area contributed by atoms with E-state index >= 15 is 0 Å². The predicted molar refractivity (Wildman–Crippen MR) is 78.9 cm³/mol. The summed E-state index contributed by atoms with van der Waals surface area (Å²) in [6.45, 7) is 1.87. The molecule has 100 valence electrons. The minimum atomic E-state index is -3.76. The SMILES string of the molecule is Cc1cccc(NS(=O)(=O)c2cnccc2Cl)c1Br. The fourth-order valence-electron chi connectivity index (χ4n) is 1.49. The highest BCUT2D eigenvalue weighted by Crippen LogP contribution is 2.29. The van der Waals surface area contributed by atoms with Crippen LogP contribution in [0, 0.1) is 6.92 Å². The summed E-state index contributed by atoms with van der Waals surface area (Å²) in [7, 11) is -3.76. The van der Waals surface area contributed by atoms with Crippen LogP contribution in [0.5, 0.6) is 0 Å². The molecule has 0 aliphatic heterocycles. The predicted octanol–water partition coefficient (Wildman–Crippen LogP) is 3.61. The van der Waals surface area contributed by atoms with Gasteiger partial charge in [-0.2, -0.15) is 0 Å². The molecule has 1 N–H and O–H groups in total. The lowest BCUT2D eigenvalue weighted by Gasteiger charge is -2.11. The van der Waals surface area contributed by atoms with Crippen LogP contribution in [0.1, 0.15) is 5.56 Å². The lowest BCUT2D eigenvalue weighted by Crippen LogP contribution is -2.14. The second-order valence-corrected chi connectivity index (χ2v) is 6.70. The van der Waals surface area contributed by atoms with Gasteiger partial charge in [0.15, 0.2) is 0 Å². The third kappa shape index (κ3) is 3.08. The maximum absolute atomic E-state index is 12.2. The van der Waals surface area contributed by atoms with Gasteiger partial charge in [-0.15, -0.1) is 0 Å². The standard InChI is InChI=1S/C12H10BrClN2O2S/c1-8-3-2-4-10(12(8)13)16-19(17,18)11-7-15-6-5-9(11)14/h2-7,16H,1H3. The van der Waals surface area contributed by atoms with E-state index in [1.807, 2.05) is 13.0 Å². The molecule has 0 spiro atoms. The minimum absolute atomic E-state index is 0.0509. The first-order valence-corrected chi connectivity index (χ1v) is 7.94. The molecule has 1 heterocycles. The summed E-state index contributed by atoms with van der Waals surface area (Å²) >= 11 is 9.22. The van der Waals surface area contributed by atoms with E-state index < -0.39 is 10.0 Å². The fraction of sp³-hybridized carbons (Fsp3) is 0.0833. The number of hydrogen-bond donors (Lipinski definition) is 1. The van der Waals surface area contributed by atoms with Gasteiger partial charge in [0, 0.05) is 16.9 Å². The molecule has 19 heavy (non-hydrogen) atoms. The summed E-state index contributed by atoms with van der Waals surface area (Å²) in [5.74, 6) is 0. The van der Waals surface area contributed by atoms with Crippen LogP contribution < -0.4 is 4.72 Å². The Balaban J connectivity index is 2.43. The summed E-state index contributed by atoms with van der Waals surface area (Å²) < 4.78 is 27.6. The number of nitrogens with zero attached hydrogens (tertiary/aromatic N) is 1. The van der Waals surface area contributed by atoms with E-state index in [0.717, 1.165) is 5.56 Å². The van der Waals surface area contributed by atoms with Gasteiger partial charge in [0.25, 0.3) is 10.0 Å². The zero-order valence-corrected chi connectivity index (χ0v) is 13.1. The van der Waals surface area contributed by atoms with Crippen molar-refractivity contribution in [2.75, 3.05) is 4.72 Å². The van der Waals surface area contributed by atoms with Crippen molar-refractivity contribution in [3.05, 3.63) is 51.7 Å². The number of rotatable bonds is 3. The first-order chi connectivity index (χ1) is 8.92. The molecule has 0 saturated heterocycles. The maximum Gasteiger partial charge on any atom is 0.264 e. The summed E-state index contributed by atoms with van der Waals surface area (Å²) in [4.78, 5) is 3.73. The second kappa shape index (κ2) is 5.48. The molecule has 0 aliphatic rings. The molecule has 1 aromatic carbocycles. The largest absolute Gasteiger partial charge is 0.278 e. The fourth-order valence-corrected chi connectivity index (χ4v) is 3.49.